The number of carboxylic acids is 1. The van der Waals surface area contributed by atoms with Crippen LogP contribution in [0.15, 0.2) is 22.7 Å². The van der Waals surface area contributed by atoms with E-state index < -0.39 is 5.97 Å². The Morgan fingerprint density at radius 1 is 1.45 bits per heavy atom. The lowest BCUT2D eigenvalue weighted by molar-refractivity contribution is 0.0697. The van der Waals surface area contributed by atoms with E-state index in [0.717, 1.165) is 6.42 Å². The lowest BCUT2D eigenvalue weighted by atomic mass is 10.2. The van der Waals surface area contributed by atoms with Crippen LogP contribution in [0.5, 0.6) is 0 Å². The van der Waals surface area contributed by atoms with Crippen LogP contribution < -0.4 is 10.6 Å². The largest absolute Gasteiger partial charge is 0.478 e. The van der Waals surface area contributed by atoms with Gasteiger partial charge in [-0.2, -0.15) is 11.8 Å². The van der Waals surface area contributed by atoms with E-state index in [4.69, 9.17) is 5.11 Å². The Kier molecular flexibility index (Phi) is 6.87. The first-order valence-corrected chi connectivity index (χ1v) is 8.12. The highest BCUT2D eigenvalue weighted by Crippen LogP contribution is 2.23. The second kappa shape index (κ2) is 8.16. The summed E-state index contributed by atoms with van der Waals surface area (Å²) in [5, 5.41) is 14.8. The van der Waals surface area contributed by atoms with E-state index in [-0.39, 0.29) is 11.6 Å². The molecule has 5 nitrogen and oxygen atoms in total. The number of amides is 2. The smallest absolute Gasteiger partial charge is 0.335 e. The molecule has 0 bridgehead atoms. The van der Waals surface area contributed by atoms with Crippen LogP contribution in [0.3, 0.4) is 0 Å². The third-order valence-corrected chi connectivity index (χ3v) is 4.40. The number of hydrogen-bond acceptors (Lipinski definition) is 3. The van der Waals surface area contributed by atoms with Crippen molar-refractivity contribution in [2.45, 2.75) is 18.6 Å². The average molecular weight is 361 g/mol. The quantitative estimate of drug-likeness (QED) is 0.726. The zero-order valence-corrected chi connectivity index (χ0v) is 13.7. The number of nitrogens with one attached hydrogen (secondary N) is 2. The number of thioether (sulfide) groups is 1. The van der Waals surface area contributed by atoms with Crippen molar-refractivity contribution in [3.63, 3.8) is 0 Å². The van der Waals surface area contributed by atoms with Crippen LogP contribution in [0.25, 0.3) is 0 Å². The van der Waals surface area contributed by atoms with Gasteiger partial charge >= 0.3 is 12.0 Å². The molecule has 20 heavy (non-hydrogen) atoms. The average Bonchev–Trinajstić information content (AvgIpc) is 2.40. The molecule has 0 aliphatic rings. The number of rotatable bonds is 6. The Labute approximate surface area is 130 Å². The first-order chi connectivity index (χ1) is 9.43. The minimum absolute atomic E-state index is 0.164. The number of halogens is 1. The summed E-state index contributed by atoms with van der Waals surface area (Å²) in [7, 11) is 0. The first-order valence-electron chi connectivity index (χ1n) is 6.04. The van der Waals surface area contributed by atoms with E-state index >= 15 is 0 Å². The summed E-state index contributed by atoms with van der Waals surface area (Å²) >= 11 is 4.99. The van der Waals surface area contributed by atoms with Gasteiger partial charge in [-0.05, 0) is 46.8 Å². The Morgan fingerprint density at radius 2 is 2.15 bits per heavy atom. The fraction of sp³-hybridized carbons (Fsp3) is 0.385. The molecular formula is C13H17BrN2O3S. The molecule has 0 saturated heterocycles. The number of carboxylic acid groups (broad SMARTS) is 1. The summed E-state index contributed by atoms with van der Waals surface area (Å²) in [4.78, 5) is 22.5. The summed E-state index contributed by atoms with van der Waals surface area (Å²) in [6.07, 6.45) is 2.93. The molecule has 1 aromatic carbocycles. The topological polar surface area (TPSA) is 78.4 Å². The molecule has 0 spiro atoms. The predicted molar refractivity (Wildman–Crippen MR) is 85.7 cm³/mol. The van der Waals surface area contributed by atoms with Crippen molar-refractivity contribution in [2.24, 2.45) is 0 Å². The normalized spacial score (nSPS) is 11.8. The van der Waals surface area contributed by atoms with Gasteiger partial charge in [-0.15, -0.1) is 0 Å². The monoisotopic (exact) mass is 360 g/mol. The van der Waals surface area contributed by atoms with Crippen molar-refractivity contribution in [1.29, 1.82) is 0 Å². The minimum atomic E-state index is -1.01. The van der Waals surface area contributed by atoms with Crippen molar-refractivity contribution in [1.82, 2.24) is 5.32 Å². The van der Waals surface area contributed by atoms with Crippen LogP contribution in [0.1, 0.15) is 23.7 Å². The molecule has 1 aromatic rings. The van der Waals surface area contributed by atoms with Crippen LogP contribution >= 0.6 is 27.7 Å². The fourth-order valence-electron chi connectivity index (χ4n) is 1.42. The highest BCUT2D eigenvalue weighted by atomic mass is 79.9. The van der Waals surface area contributed by atoms with Gasteiger partial charge in [-0.3, -0.25) is 0 Å². The van der Waals surface area contributed by atoms with Crippen molar-refractivity contribution in [3.05, 3.63) is 28.2 Å². The van der Waals surface area contributed by atoms with E-state index in [1.54, 1.807) is 17.8 Å². The maximum absolute atomic E-state index is 11.7. The summed E-state index contributed by atoms with van der Waals surface area (Å²) in [5.41, 5.74) is 0.696. The van der Waals surface area contributed by atoms with E-state index in [1.165, 1.54) is 12.1 Å². The van der Waals surface area contributed by atoms with E-state index in [0.29, 0.717) is 22.0 Å². The summed E-state index contributed by atoms with van der Waals surface area (Å²) < 4.78 is 0.532. The van der Waals surface area contributed by atoms with Crippen molar-refractivity contribution in [3.8, 4) is 0 Å². The van der Waals surface area contributed by atoms with Gasteiger partial charge in [0.05, 0.1) is 11.3 Å². The molecule has 0 saturated carbocycles. The molecule has 0 heterocycles. The third-order valence-electron chi connectivity index (χ3n) is 2.70. The number of hydrogen-bond donors (Lipinski definition) is 3. The molecule has 7 heteroatoms. The van der Waals surface area contributed by atoms with E-state index in [1.807, 2.05) is 6.26 Å². The molecule has 0 aliphatic heterocycles. The molecule has 2 amide bonds. The van der Waals surface area contributed by atoms with E-state index in [9.17, 15) is 9.59 Å². The molecule has 0 radical (unpaired) electrons. The molecular weight excluding hydrogens is 344 g/mol. The number of anilines is 1. The molecule has 1 unspecified atom stereocenters. The van der Waals surface area contributed by atoms with Crippen molar-refractivity contribution < 1.29 is 14.7 Å². The molecule has 0 fully saturated rings. The van der Waals surface area contributed by atoms with Gasteiger partial charge in [-0.1, -0.05) is 6.92 Å². The van der Waals surface area contributed by atoms with Crippen LogP contribution in [0.4, 0.5) is 10.5 Å². The summed E-state index contributed by atoms with van der Waals surface area (Å²) in [6.45, 7) is 2.70. The molecule has 3 N–H and O–H groups in total. The second-order valence-corrected chi connectivity index (χ2v) is 6.35. The highest BCUT2D eigenvalue weighted by molar-refractivity contribution is 9.10. The summed E-state index contributed by atoms with van der Waals surface area (Å²) in [6, 6.07) is 4.14. The molecule has 0 aromatic heterocycles. The maximum atomic E-state index is 11.7. The second-order valence-electron chi connectivity index (χ2n) is 4.22. The number of aromatic carboxylic acids is 1. The molecule has 1 rings (SSSR count). The van der Waals surface area contributed by atoms with Gasteiger partial charge in [0.25, 0.3) is 0 Å². The molecule has 0 aliphatic carbocycles. The van der Waals surface area contributed by atoms with Crippen molar-refractivity contribution >= 4 is 45.4 Å². The van der Waals surface area contributed by atoms with Gasteiger partial charge in [-0.25, -0.2) is 9.59 Å². The van der Waals surface area contributed by atoms with Gasteiger partial charge in [0.1, 0.15) is 0 Å². The van der Waals surface area contributed by atoms with Crippen LogP contribution in [0, 0.1) is 0 Å². The van der Waals surface area contributed by atoms with Gasteiger partial charge < -0.3 is 15.7 Å². The third kappa shape index (κ3) is 5.42. The number of urea groups is 1. The fourth-order valence-corrected chi connectivity index (χ4v) is 2.25. The zero-order valence-electron chi connectivity index (χ0n) is 11.3. The zero-order chi connectivity index (χ0) is 15.1. The van der Waals surface area contributed by atoms with Gasteiger partial charge in [0.15, 0.2) is 0 Å². The standard InChI is InChI=1S/C13H17BrN2O3S/c1-8(20-2)5-6-15-13(19)16-11-4-3-9(12(17)18)7-10(11)14/h3-4,7-8H,5-6H2,1-2H3,(H,17,18)(H2,15,16,19). The molecule has 1 atom stereocenters. The van der Waals surface area contributed by atoms with Crippen LogP contribution in [-0.4, -0.2) is 35.2 Å². The Balaban J connectivity index is 2.52. The minimum Gasteiger partial charge on any atom is -0.478 e. The summed E-state index contributed by atoms with van der Waals surface area (Å²) in [5.74, 6) is -1.01. The lowest BCUT2D eigenvalue weighted by Gasteiger charge is -2.11. The highest BCUT2D eigenvalue weighted by Gasteiger charge is 2.09. The van der Waals surface area contributed by atoms with Gasteiger partial charge in [0, 0.05) is 16.3 Å². The Morgan fingerprint density at radius 3 is 2.70 bits per heavy atom. The maximum Gasteiger partial charge on any atom is 0.335 e. The number of benzene rings is 1. The Bertz CT molecular complexity index is 497. The number of carbonyl (C=O) groups excluding carboxylic acids is 1. The SMILES string of the molecule is CSC(C)CCNC(=O)Nc1ccc(C(=O)O)cc1Br. The van der Waals surface area contributed by atoms with E-state index in [2.05, 4.69) is 33.5 Å². The molecule has 110 valence electrons. The van der Waals surface area contributed by atoms with Crippen molar-refractivity contribution in [2.75, 3.05) is 18.1 Å². The predicted octanol–water partition coefficient (Wildman–Crippen LogP) is 3.41. The van der Waals surface area contributed by atoms with Crippen LogP contribution in [0.2, 0.25) is 0 Å². The number of carbonyl (C=O) groups is 2. The van der Waals surface area contributed by atoms with Crippen LogP contribution in [-0.2, 0) is 0 Å². The first kappa shape index (κ1) is 16.8. The Hall–Kier alpha value is -1.21. The lowest BCUT2D eigenvalue weighted by Crippen LogP contribution is -2.30. The van der Waals surface area contributed by atoms with Gasteiger partial charge in [0.2, 0.25) is 0 Å².